The van der Waals surface area contributed by atoms with E-state index < -0.39 is 0 Å². The summed E-state index contributed by atoms with van der Waals surface area (Å²) in [7, 11) is 1.94. The van der Waals surface area contributed by atoms with Gasteiger partial charge < -0.3 is 5.32 Å². The van der Waals surface area contributed by atoms with Crippen molar-refractivity contribution in [3.63, 3.8) is 0 Å². The lowest BCUT2D eigenvalue weighted by molar-refractivity contribution is 0.394. The highest BCUT2D eigenvalue weighted by atomic mass is 32.2. The highest BCUT2D eigenvalue weighted by Crippen LogP contribution is 2.37. The molecule has 1 aromatic heterocycles. The van der Waals surface area contributed by atoms with Crippen LogP contribution in [0.25, 0.3) is 0 Å². The van der Waals surface area contributed by atoms with Gasteiger partial charge in [0.1, 0.15) is 16.7 Å². The van der Waals surface area contributed by atoms with Crippen LogP contribution in [0.3, 0.4) is 0 Å². The smallest absolute Gasteiger partial charge is 0.133 e. The quantitative estimate of drug-likeness (QED) is 0.843. The number of rotatable bonds is 4. The van der Waals surface area contributed by atoms with E-state index in [0.717, 1.165) is 29.2 Å². The first-order chi connectivity index (χ1) is 9.13. The van der Waals surface area contributed by atoms with E-state index in [0.29, 0.717) is 0 Å². The Kier molecular flexibility index (Phi) is 5.08. The zero-order valence-electron chi connectivity index (χ0n) is 12.5. The minimum absolute atomic E-state index is 0.728. The van der Waals surface area contributed by atoms with Crippen molar-refractivity contribution in [2.24, 2.45) is 5.92 Å². The van der Waals surface area contributed by atoms with Gasteiger partial charge in [0.2, 0.25) is 0 Å². The van der Waals surface area contributed by atoms with Crippen LogP contribution >= 0.6 is 11.8 Å². The van der Waals surface area contributed by atoms with Gasteiger partial charge in [0, 0.05) is 24.3 Å². The number of nitrogens with one attached hydrogen (secondary N) is 1. The summed E-state index contributed by atoms with van der Waals surface area (Å²) < 4.78 is 0. The summed E-state index contributed by atoms with van der Waals surface area (Å²) in [6, 6.07) is 0. The molecule has 1 heterocycles. The molecule has 1 aliphatic carbocycles. The van der Waals surface area contributed by atoms with Crippen LogP contribution in [0, 0.1) is 12.8 Å². The fourth-order valence-electron chi connectivity index (χ4n) is 2.70. The van der Waals surface area contributed by atoms with E-state index in [1.165, 1.54) is 36.3 Å². The topological polar surface area (TPSA) is 37.8 Å². The van der Waals surface area contributed by atoms with Gasteiger partial charge in [-0.25, -0.2) is 9.97 Å². The first kappa shape index (κ1) is 14.6. The van der Waals surface area contributed by atoms with Crippen molar-refractivity contribution < 1.29 is 0 Å². The van der Waals surface area contributed by atoms with E-state index in [9.17, 15) is 0 Å². The van der Waals surface area contributed by atoms with E-state index in [1.807, 2.05) is 18.8 Å². The summed E-state index contributed by atoms with van der Waals surface area (Å²) in [5.74, 6) is 2.79. The maximum atomic E-state index is 4.73. The molecule has 2 atom stereocenters. The molecule has 0 spiro atoms. The van der Waals surface area contributed by atoms with E-state index in [4.69, 9.17) is 4.98 Å². The van der Waals surface area contributed by atoms with Crippen molar-refractivity contribution in [3.8, 4) is 0 Å². The molecule has 19 heavy (non-hydrogen) atoms. The maximum absolute atomic E-state index is 4.73. The predicted octanol–water partition coefficient (Wildman–Crippen LogP) is 4.06. The Hall–Kier alpha value is -0.770. The Balaban J connectivity index is 2.18. The number of nitrogens with zero attached hydrogens (tertiary/aromatic N) is 2. The van der Waals surface area contributed by atoms with E-state index in [-0.39, 0.29) is 0 Å². The van der Waals surface area contributed by atoms with Crippen LogP contribution in [-0.2, 0) is 6.42 Å². The summed E-state index contributed by atoms with van der Waals surface area (Å²) >= 11 is 1.96. The fourth-order valence-corrected chi connectivity index (χ4v) is 4.16. The third-order valence-corrected chi connectivity index (χ3v) is 5.25. The standard InChI is InChI=1S/C15H25N3S/c1-5-13-17-14(16-4)11(3)15(18-13)19-12-8-6-7-10(2)9-12/h10,12H,5-9H2,1-4H3,(H,16,17,18). The van der Waals surface area contributed by atoms with Gasteiger partial charge in [-0.3, -0.25) is 0 Å². The van der Waals surface area contributed by atoms with E-state index in [1.54, 1.807) is 0 Å². The normalized spacial score (nSPS) is 23.4. The molecule has 106 valence electrons. The minimum atomic E-state index is 0.728. The van der Waals surface area contributed by atoms with Gasteiger partial charge in [0.05, 0.1) is 0 Å². The Labute approximate surface area is 121 Å². The van der Waals surface area contributed by atoms with Crippen LogP contribution in [-0.4, -0.2) is 22.3 Å². The average Bonchev–Trinajstić information content (AvgIpc) is 2.41. The van der Waals surface area contributed by atoms with Gasteiger partial charge in [-0.1, -0.05) is 26.7 Å². The maximum Gasteiger partial charge on any atom is 0.133 e. The molecule has 0 bridgehead atoms. The lowest BCUT2D eigenvalue weighted by Crippen LogP contribution is -2.16. The van der Waals surface area contributed by atoms with Crippen LogP contribution in [0.2, 0.25) is 0 Å². The largest absolute Gasteiger partial charge is 0.373 e. The molecule has 1 aliphatic rings. The molecule has 3 nitrogen and oxygen atoms in total. The summed E-state index contributed by atoms with van der Waals surface area (Å²) in [5, 5.41) is 5.10. The Bertz CT molecular complexity index is 434. The van der Waals surface area contributed by atoms with Gasteiger partial charge in [-0.05, 0) is 25.7 Å². The van der Waals surface area contributed by atoms with Crippen molar-refractivity contribution in [2.75, 3.05) is 12.4 Å². The molecule has 0 aromatic carbocycles. The molecule has 0 saturated heterocycles. The molecule has 1 aromatic rings. The number of anilines is 1. The molecule has 2 rings (SSSR count). The number of hydrogen-bond acceptors (Lipinski definition) is 4. The van der Waals surface area contributed by atoms with Crippen LogP contribution in [0.15, 0.2) is 5.03 Å². The van der Waals surface area contributed by atoms with Crippen molar-refractivity contribution in [1.82, 2.24) is 9.97 Å². The fraction of sp³-hybridized carbons (Fsp3) is 0.733. The van der Waals surface area contributed by atoms with E-state index in [2.05, 4.69) is 31.1 Å². The molecule has 0 aliphatic heterocycles. The van der Waals surface area contributed by atoms with Crippen LogP contribution in [0.4, 0.5) is 5.82 Å². The molecule has 4 heteroatoms. The second-order valence-electron chi connectivity index (χ2n) is 5.53. The zero-order chi connectivity index (χ0) is 13.8. The average molecular weight is 279 g/mol. The Morgan fingerprint density at radius 2 is 2.11 bits per heavy atom. The molecule has 2 unspecified atom stereocenters. The molecular formula is C15H25N3S. The molecule has 0 amide bonds. The lowest BCUT2D eigenvalue weighted by Gasteiger charge is -2.26. The van der Waals surface area contributed by atoms with Crippen molar-refractivity contribution >= 4 is 17.6 Å². The molecule has 1 N–H and O–H groups in total. The first-order valence-electron chi connectivity index (χ1n) is 7.36. The highest BCUT2D eigenvalue weighted by Gasteiger charge is 2.22. The second-order valence-corrected chi connectivity index (χ2v) is 6.82. The first-order valence-corrected chi connectivity index (χ1v) is 8.23. The van der Waals surface area contributed by atoms with E-state index >= 15 is 0 Å². The zero-order valence-corrected chi connectivity index (χ0v) is 13.3. The van der Waals surface area contributed by atoms with Gasteiger partial charge in [0.25, 0.3) is 0 Å². The van der Waals surface area contributed by atoms with Crippen LogP contribution < -0.4 is 5.32 Å². The molecule has 0 radical (unpaired) electrons. The summed E-state index contributed by atoms with van der Waals surface area (Å²) in [6.45, 7) is 6.61. The number of aromatic nitrogens is 2. The third-order valence-electron chi connectivity index (χ3n) is 3.87. The Morgan fingerprint density at radius 3 is 2.74 bits per heavy atom. The number of thioether (sulfide) groups is 1. The summed E-state index contributed by atoms with van der Waals surface area (Å²) in [4.78, 5) is 9.27. The summed E-state index contributed by atoms with van der Waals surface area (Å²) in [5.41, 5.74) is 1.20. The lowest BCUT2D eigenvalue weighted by atomic mass is 9.91. The molecule has 1 fully saturated rings. The SMILES string of the molecule is CCc1nc(NC)c(C)c(SC2CCCC(C)C2)n1. The van der Waals surface area contributed by atoms with Gasteiger partial charge in [-0.15, -0.1) is 11.8 Å². The van der Waals surface area contributed by atoms with Crippen molar-refractivity contribution in [3.05, 3.63) is 11.4 Å². The van der Waals surface area contributed by atoms with Gasteiger partial charge >= 0.3 is 0 Å². The minimum Gasteiger partial charge on any atom is -0.373 e. The molecule has 1 saturated carbocycles. The highest BCUT2D eigenvalue weighted by molar-refractivity contribution is 7.99. The summed E-state index contributed by atoms with van der Waals surface area (Å²) in [6.07, 6.45) is 6.30. The van der Waals surface area contributed by atoms with Crippen molar-refractivity contribution in [2.45, 2.75) is 63.2 Å². The Morgan fingerprint density at radius 1 is 1.32 bits per heavy atom. The second kappa shape index (κ2) is 6.60. The third kappa shape index (κ3) is 3.62. The van der Waals surface area contributed by atoms with Crippen LogP contribution in [0.5, 0.6) is 0 Å². The number of aryl methyl sites for hydroxylation is 1. The van der Waals surface area contributed by atoms with Gasteiger partial charge in [0.15, 0.2) is 0 Å². The predicted molar refractivity (Wildman–Crippen MR) is 83.0 cm³/mol. The molecular weight excluding hydrogens is 254 g/mol. The number of hydrogen-bond donors (Lipinski definition) is 1. The monoisotopic (exact) mass is 279 g/mol. The van der Waals surface area contributed by atoms with Crippen LogP contribution in [0.1, 0.15) is 50.9 Å². The van der Waals surface area contributed by atoms with Gasteiger partial charge in [-0.2, -0.15) is 0 Å². The van der Waals surface area contributed by atoms with Crippen molar-refractivity contribution in [1.29, 1.82) is 0 Å².